The molecule has 2 nitrogen and oxygen atoms in total. The Labute approximate surface area is 113 Å². The molecule has 1 fully saturated rings. The molecule has 2 aliphatic carbocycles. The largest absolute Gasteiger partial charge is 0.508 e. The van der Waals surface area contributed by atoms with E-state index in [0.717, 1.165) is 17.6 Å². The van der Waals surface area contributed by atoms with Gasteiger partial charge in [-0.05, 0) is 43.4 Å². The highest BCUT2D eigenvalue weighted by Crippen LogP contribution is 2.38. The maximum atomic E-state index is 10.1. The lowest BCUT2D eigenvalue weighted by Crippen LogP contribution is -1.99. The third-order valence-corrected chi connectivity index (χ3v) is 4.01. The molecule has 0 unspecified atom stereocenters. The number of phenols is 1. The predicted octanol–water partition coefficient (Wildman–Crippen LogP) is 4.49. The number of phenolic OH excluding ortho intramolecular Hbond substituents is 1. The first-order valence-corrected chi connectivity index (χ1v) is 6.85. The Bertz CT molecular complexity index is 583. The fraction of sp³-hybridized carbons (Fsp3) is 0.294. The summed E-state index contributed by atoms with van der Waals surface area (Å²) in [4.78, 5) is 0. The van der Waals surface area contributed by atoms with Crippen LogP contribution in [0.2, 0.25) is 0 Å². The maximum absolute atomic E-state index is 10.1. The summed E-state index contributed by atoms with van der Waals surface area (Å²) in [6.45, 7) is 0. The molecular formula is C17H18O2. The zero-order valence-corrected chi connectivity index (χ0v) is 10.9. The predicted molar refractivity (Wildman–Crippen MR) is 76.9 cm³/mol. The Morgan fingerprint density at radius 1 is 0.895 bits per heavy atom. The van der Waals surface area contributed by atoms with Gasteiger partial charge in [-0.2, -0.15) is 0 Å². The van der Waals surface area contributed by atoms with Crippen LogP contribution in [-0.2, 0) is 0 Å². The fourth-order valence-corrected chi connectivity index (χ4v) is 2.95. The van der Waals surface area contributed by atoms with E-state index in [1.807, 2.05) is 18.2 Å². The quantitative estimate of drug-likeness (QED) is 0.775. The minimum atomic E-state index is 0.232. The number of benzene rings is 1. The maximum Gasteiger partial charge on any atom is 0.123 e. The van der Waals surface area contributed by atoms with Crippen molar-refractivity contribution < 1.29 is 10.2 Å². The molecule has 3 rings (SSSR count). The van der Waals surface area contributed by atoms with Crippen LogP contribution in [0.4, 0.5) is 0 Å². The monoisotopic (exact) mass is 254 g/mol. The summed E-state index contributed by atoms with van der Waals surface area (Å²) in [5.74, 6) is 0.499. The van der Waals surface area contributed by atoms with Crippen LogP contribution in [0.15, 0.2) is 53.3 Å². The van der Waals surface area contributed by atoms with Crippen LogP contribution in [0.25, 0.3) is 5.57 Å². The van der Waals surface area contributed by atoms with Gasteiger partial charge in [-0.15, -0.1) is 0 Å². The van der Waals surface area contributed by atoms with E-state index in [2.05, 4.69) is 0 Å². The number of rotatable bonds is 1. The van der Waals surface area contributed by atoms with Crippen molar-refractivity contribution in [1.82, 2.24) is 0 Å². The molecule has 0 amide bonds. The first-order chi connectivity index (χ1) is 9.25. The lowest BCUT2D eigenvalue weighted by atomic mass is 9.89. The molecule has 2 N–H and O–H groups in total. The Kier molecular flexibility index (Phi) is 3.16. The SMILES string of the molecule is OC1=C(c2ccccc2O)CC(=C2CCCC2)C=C1. The first-order valence-electron chi connectivity index (χ1n) is 6.85. The smallest absolute Gasteiger partial charge is 0.123 e. The lowest BCUT2D eigenvalue weighted by Gasteiger charge is -2.17. The second-order valence-corrected chi connectivity index (χ2v) is 5.23. The van der Waals surface area contributed by atoms with Crippen LogP contribution < -0.4 is 0 Å². The Balaban J connectivity index is 1.99. The second kappa shape index (κ2) is 4.96. The van der Waals surface area contributed by atoms with Crippen molar-refractivity contribution in [1.29, 1.82) is 0 Å². The summed E-state index contributed by atoms with van der Waals surface area (Å²) in [5, 5.41) is 20.0. The third kappa shape index (κ3) is 2.30. The minimum absolute atomic E-state index is 0.232. The average Bonchev–Trinajstić information content (AvgIpc) is 2.94. The van der Waals surface area contributed by atoms with Crippen LogP contribution in [0.3, 0.4) is 0 Å². The summed E-state index contributed by atoms with van der Waals surface area (Å²) in [6, 6.07) is 7.20. The molecule has 19 heavy (non-hydrogen) atoms. The Morgan fingerprint density at radius 2 is 1.63 bits per heavy atom. The summed E-state index contributed by atoms with van der Waals surface area (Å²) >= 11 is 0. The van der Waals surface area contributed by atoms with E-state index < -0.39 is 0 Å². The number of para-hydroxylation sites is 1. The normalized spacial score (nSPS) is 19.4. The molecule has 2 heteroatoms. The summed E-state index contributed by atoms with van der Waals surface area (Å²) in [5.41, 5.74) is 4.39. The van der Waals surface area contributed by atoms with E-state index >= 15 is 0 Å². The van der Waals surface area contributed by atoms with Gasteiger partial charge in [0, 0.05) is 17.6 Å². The van der Waals surface area contributed by atoms with E-state index in [4.69, 9.17) is 0 Å². The zero-order valence-electron chi connectivity index (χ0n) is 10.9. The number of hydrogen-bond acceptors (Lipinski definition) is 2. The first kappa shape index (κ1) is 12.1. The molecule has 0 spiro atoms. The van der Waals surface area contributed by atoms with Crippen LogP contribution in [-0.4, -0.2) is 10.2 Å². The average molecular weight is 254 g/mol. The molecule has 98 valence electrons. The molecule has 0 aromatic heterocycles. The molecule has 0 radical (unpaired) electrons. The number of aliphatic hydroxyl groups is 1. The molecule has 1 saturated carbocycles. The van der Waals surface area contributed by atoms with Crippen molar-refractivity contribution >= 4 is 5.57 Å². The van der Waals surface area contributed by atoms with Gasteiger partial charge in [-0.1, -0.05) is 29.8 Å². The van der Waals surface area contributed by atoms with E-state index in [1.54, 1.807) is 18.2 Å². The van der Waals surface area contributed by atoms with Gasteiger partial charge < -0.3 is 10.2 Å². The molecule has 0 atom stereocenters. The van der Waals surface area contributed by atoms with Crippen molar-refractivity contribution in [2.24, 2.45) is 0 Å². The van der Waals surface area contributed by atoms with Crippen LogP contribution >= 0.6 is 0 Å². The van der Waals surface area contributed by atoms with Crippen molar-refractivity contribution in [3.63, 3.8) is 0 Å². The molecule has 0 heterocycles. The minimum Gasteiger partial charge on any atom is -0.508 e. The van der Waals surface area contributed by atoms with Gasteiger partial charge in [-0.3, -0.25) is 0 Å². The highest BCUT2D eigenvalue weighted by atomic mass is 16.3. The third-order valence-electron chi connectivity index (χ3n) is 4.01. The van der Waals surface area contributed by atoms with Crippen LogP contribution in [0.1, 0.15) is 37.7 Å². The molecule has 0 saturated heterocycles. The highest BCUT2D eigenvalue weighted by Gasteiger charge is 2.19. The lowest BCUT2D eigenvalue weighted by molar-refractivity contribution is 0.431. The van der Waals surface area contributed by atoms with Crippen molar-refractivity contribution in [2.75, 3.05) is 0 Å². The molecule has 0 bridgehead atoms. The number of aromatic hydroxyl groups is 1. The van der Waals surface area contributed by atoms with Gasteiger partial charge >= 0.3 is 0 Å². The van der Waals surface area contributed by atoms with Gasteiger partial charge in [0.15, 0.2) is 0 Å². The Morgan fingerprint density at radius 3 is 2.37 bits per heavy atom. The van der Waals surface area contributed by atoms with Crippen molar-refractivity contribution in [2.45, 2.75) is 32.1 Å². The molecule has 1 aromatic rings. The van der Waals surface area contributed by atoms with Gasteiger partial charge in [0.05, 0.1) is 0 Å². The van der Waals surface area contributed by atoms with E-state index in [9.17, 15) is 10.2 Å². The molecule has 1 aromatic carbocycles. The second-order valence-electron chi connectivity index (χ2n) is 5.23. The molecule has 0 aliphatic heterocycles. The van der Waals surface area contributed by atoms with Crippen LogP contribution in [0, 0.1) is 0 Å². The van der Waals surface area contributed by atoms with Crippen molar-refractivity contribution in [3.8, 4) is 5.75 Å². The van der Waals surface area contributed by atoms with E-state index in [1.165, 1.54) is 36.8 Å². The van der Waals surface area contributed by atoms with Crippen LogP contribution in [0.5, 0.6) is 5.75 Å². The van der Waals surface area contributed by atoms with E-state index in [0.29, 0.717) is 0 Å². The fourth-order valence-electron chi connectivity index (χ4n) is 2.95. The number of allylic oxidation sites excluding steroid dienone is 5. The Hall–Kier alpha value is -1.96. The molecule has 2 aliphatic rings. The summed E-state index contributed by atoms with van der Waals surface area (Å²) in [7, 11) is 0. The standard InChI is InChI=1S/C17H18O2/c18-16-8-4-3-7-14(16)15-11-13(9-10-17(15)19)12-5-1-2-6-12/h3-4,7-10,18-19H,1-2,5-6,11H2. The van der Waals surface area contributed by atoms with Crippen molar-refractivity contribution in [3.05, 3.63) is 58.9 Å². The van der Waals surface area contributed by atoms with Gasteiger partial charge in [0.25, 0.3) is 0 Å². The van der Waals surface area contributed by atoms with E-state index in [-0.39, 0.29) is 11.5 Å². The number of hydrogen-bond donors (Lipinski definition) is 2. The number of aliphatic hydroxyl groups excluding tert-OH is 1. The summed E-state index contributed by atoms with van der Waals surface area (Å²) in [6.07, 6.45) is 9.40. The zero-order chi connectivity index (χ0) is 13.2. The van der Waals surface area contributed by atoms with Gasteiger partial charge in [0.1, 0.15) is 11.5 Å². The van der Waals surface area contributed by atoms with Gasteiger partial charge in [0.2, 0.25) is 0 Å². The highest BCUT2D eigenvalue weighted by molar-refractivity contribution is 5.77. The summed E-state index contributed by atoms with van der Waals surface area (Å²) < 4.78 is 0. The topological polar surface area (TPSA) is 40.5 Å². The molecular weight excluding hydrogens is 236 g/mol. The van der Waals surface area contributed by atoms with Gasteiger partial charge in [-0.25, -0.2) is 0 Å².